The zero-order chi connectivity index (χ0) is 11.7. The SMILES string of the molecule is Cc1c(N)nnn1Cc1cc(F)ccc1F. The summed E-state index contributed by atoms with van der Waals surface area (Å²) in [6.45, 7) is 1.83. The molecule has 0 aliphatic rings. The maximum Gasteiger partial charge on any atom is 0.168 e. The second kappa shape index (κ2) is 3.88. The van der Waals surface area contributed by atoms with Crippen molar-refractivity contribution in [2.45, 2.75) is 13.5 Å². The Morgan fingerprint density at radius 1 is 1.38 bits per heavy atom. The number of anilines is 1. The van der Waals surface area contributed by atoms with Crippen molar-refractivity contribution in [3.05, 3.63) is 41.1 Å². The molecule has 84 valence electrons. The summed E-state index contributed by atoms with van der Waals surface area (Å²) < 4.78 is 27.7. The Morgan fingerprint density at radius 3 is 2.75 bits per heavy atom. The largest absolute Gasteiger partial charge is 0.381 e. The first-order valence-electron chi connectivity index (χ1n) is 4.67. The van der Waals surface area contributed by atoms with Gasteiger partial charge in [0.15, 0.2) is 5.82 Å². The van der Waals surface area contributed by atoms with Crippen LogP contribution in [0.3, 0.4) is 0 Å². The Morgan fingerprint density at radius 2 is 2.12 bits per heavy atom. The lowest BCUT2D eigenvalue weighted by molar-refractivity contribution is 0.556. The topological polar surface area (TPSA) is 56.7 Å². The van der Waals surface area contributed by atoms with Gasteiger partial charge in [0.05, 0.1) is 12.2 Å². The van der Waals surface area contributed by atoms with Crippen LogP contribution in [-0.4, -0.2) is 15.0 Å². The van der Waals surface area contributed by atoms with Gasteiger partial charge in [-0.25, -0.2) is 13.5 Å². The van der Waals surface area contributed by atoms with Crippen molar-refractivity contribution in [3.8, 4) is 0 Å². The summed E-state index contributed by atoms with van der Waals surface area (Å²) >= 11 is 0. The van der Waals surface area contributed by atoms with Crippen molar-refractivity contribution < 1.29 is 8.78 Å². The molecule has 2 aromatic rings. The van der Waals surface area contributed by atoms with Crippen LogP contribution in [0.1, 0.15) is 11.3 Å². The van der Waals surface area contributed by atoms with E-state index in [1.54, 1.807) is 6.92 Å². The van der Waals surface area contributed by atoms with E-state index in [-0.39, 0.29) is 17.9 Å². The summed E-state index contributed by atoms with van der Waals surface area (Å²) in [5.41, 5.74) is 6.34. The number of nitrogens with two attached hydrogens (primary N) is 1. The fourth-order valence-electron chi connectivity index (χ4n) is 1.35. The van der Waals surface area contributed by atoms with Crippen LogP contribution < -0.4 is 5.73 Å². The molecule has 1 aromatic carbocycles. The molecule has 0 radical (unpaired) electrons. The number of benzene rings is 1. The number of hydrogen-bond donors (Lipinski definition) is 1. The van der Waals surface area contributed by atoms with E-state index in [1.807, 2.05) is 0 Å². The maximum absolute atomic E-state index is 13.3. The van der Waals surface area contributed by atoms with Gasteiger partial charge in [-0.15, -0.1) is 5.10 Å². The van der Waals surface area contributed by atoms with Gasteiger partial charge in [-0.3, -0.25) is 0 Å². The predicted molar refractivity (Wildman–Crippen MR) is 54.6 cm³/mol. The molecule has 0 unspecified atom stereocenters. The number of nitrogen functional groups attached to an aromatic ring is 1. The maximum atomic E-state index is 13.3. The van der Waals surface area contributed by atoms with Crippen LogP contribution in [0.2, 0.25) is 0 Å². The number of halogens is 2. The molecule has 2 N–H and O–H groups in total. The van der Waals surface area contributed by atoms with Crippen molar-refractivity contribution in [2.24, 2.45) is 0 Å². The number of rotatable bonds is 2. The third kappa shape index (κ3) is 1.86. The quantitative estimate of drug-likeness (QED) is 0.840. The third-order valence-electron chi connectivity index (χ3n) is 2.35. The van der Waals surface area contributed by atoms with E-state index in [0.29, 0.717) is 5.69 Å². The van der Waals surface area contributed by atoms with Crippen molar-refractivity contribution in [1.82, 2.24) is 15.0 Å². The van der Waals surface area contributed by atoms with Gasteiger partial charge in [-0.1, -0.05) is 5.21 Å². The van der Waals surface area contributed by atoms with Gasteiger partial charge < -0.3 is 5.73 Å². The highest BCUT2D eigenvalue weighted by Gasteiger charge is 2.09. The van der Waals surface area contributed by atoms with Crippen molar-refractivity contribution >= 4 is 5.82 Å². The van der Waals surface area contributed by atoms with E-state index >= 15 is 0 Å². The smallest absolute Gasteiger partial charge is 0.168 e. The normalized spacial score (nSPS) is 10.7. The van der Waals surface area contributed by atoms with Gasteiger partial charge in [0.1, 0.15) is 11.6 Å². The average Bonchev–Trinajstić information content (AvgIpc) is 2.55. The Bertz CT molecular complexity index is 522. The van der Waals surface area contributed by atoms with E-state index in [4.69, 9.17) is 5.73 Å². The molecule has 0 atom stereocenters. The van der Waals surface area contributed by atoms with Crippen LogP contribution in [0.5, 0.6) is 0 Å². The van der Waals surface area contributed by atoms with Crippen molar-refractivity contribution in [1.29, 1.82) is 0 Å². The van der Waals surface area contributed by atoms with Crippen LogP contribution in [0.4, 0.5) is 14.6 Å². The second-order valence-corrected chi connectivity index (χ2v) is 3.45. The zero-order valence-electron chi connectivity index (χ0n) is 8.61. The molecule has 0 aliphatic carbocycles. The molecular formula is C10H10F2N4. The third-order valence-corrected chi connectivity index (χ3v) is 2.35. The average molecular weight is 224 g/mol. The summed E-state index contributed by atoms with van der Waals surface area (Å²) in [7, 11) is 0. The van der Waals surface area contributed by atoms with E-state index in [2.05, 4.69) is 10.3 Å². The predicted octanol–water partition coefficient (Wildman–Crippen LogP) is 1.50. The lowest BCUT2D eigenvalue weighted by Crippen LogP contribution is -2.06. The fraction of sp³-hybridized carbons (Fsp3) is 0.200. The minimum atomic E-state index is -0.484. The number of aromatic nitrogens is 3. The summed E-state index contributed by atoms with van der Waals surface area (Å²) in [4.78, 5) is 0. The number of nitrogens with zero attached hydrogens (tertiary/aromatic N) is 3. The fourth-order valence-corrected chi connectivity index (χ4v) is 1.35. The second-order valence-electron chi connectivity index (χ2n) is 3.45. The van der Waals surface area contributed by atoms with Gasteiger partial charge in [0.2, 0.25) is 0 Å². The molecular weight excluding hydrogens is 214 g/mol. The minimum absolute atomic E-state index is 0.111. The molecule has 1 heterocycles. The molecule has 16 heavy (non-hydrogen) atoms. The standard InChI is InChI=1S/C10H10F2N4/c1-6-10(13)14-15-16(6)5-7-4-8(11)2-3-9(7)12/h2-4H,5,13H2,1H3. The van der Waals surface area contributed by atoms with Crippen molar-refractivity contribution in [3.63, 3.8) is 0 Å². The molecule has 0 amide bonds. The summed E-state index contributed by atoms with van der Waals surface area (Å²) in [6, 6.07) is 3.29. The highest BCUT2D eigenvalue weighted by atomic mass is 19.1. The Labute approximate surface area is 90.7 Å². The van der Waals surface area contributed by atoms with Gasteiger partial charge >= 0.3 is 0 Å². The molecule has 0 fully saturated rings. The first kappa shape index (κ1) is 10.5. The van der Waals surface area contributed by atoms with E-state index in [1.165, 1.54) is 4.68 Å². The number of hydrogen-bond acceptors (Lipinski definition) is 3. The Balaban J connectivity index is 2.33. The molecule has 0 bridgehead atoms. The molecule has 6 heteroatoms. The molecule has 4 nitrogen and oxygen atoms in total. The van der Waals surface area contributed by atoms with Crippen molar-refractivity contribution in [2.75, 3.05) is 5.73 Å². The highest BCUT2D eigenvalue weighted by Crippen LogP contribution is 2.13. The van der Waals surface area contributed by atoms with E-state index in [9.17, 15) is 8.78 Å². The minimum Gasteiger partial charge on any atom is -0.381 e. The van der Waals surface area contributed by atoms with E-state index in [0.717, 1.165) is 18.2 Å². The first-order chi connectivity index (χ1) is 7.58. The lowest BCUT2D eigenvalue weighted by atomic mass is 10.2. The molecule has 0 saturated heterocycles. The van der Waals surface area contributed by atoms with Gasteiger partial charge in [0, 0.05) is 5.56 Å². The molecule has 1 aromatic heterocycles. The summed E-state index contributed by atoms with van der Waals surface area (Å²) in [5.74, 6) is -0.672. The van der Waals surface area contributed by atoms with Crippen LogP contribution in [0.15, 0.2) is 18.2 Å². The van der Waals surface area contributed by atoms with Crippen LogP contribution in [-0.2, 0) is 6.54 Å². The molecule has 2 rings (SSSR count). The zero-order valence-corrected chi connectivity index (χ0v) is 8.61. The highest BCUT2D eigenvalue weighted by molar-refractivity contribution is 5.32. The monoisotopic (exact) mass is 224 g/mol. The molecule has 0 aliphatic heterocycles. The van der Waals surface area contributed by atoms with Crippen LogP contribution in [0, 0.1) is 18.6 Å². The van der Waals surface area contributed by atoms with Gasteiger partial charge in [0.25, 0.3) is 0 Å². The summed E-state index contributed by atoms with van der Waals surface area (Å²) in [5, 5.41) is 7.37. The Hall–Kier alpha value is -1.98. The molecule has 0 saturated carbocycles. The molecule has 0 spiro atoms. The van der Waals surface area contributed by atoms with E-state index < -0.39 is 11.6 Å². The van der Waals surface area contributed by atoms with Crippen LogP contribution >= 0.6 is 0 Å². The Kier molecular flexibility index (Phi) is 2.55. The lowest BCUT2D eigenvalue weighted by Gasteiger charge is -2.04. The first-order valence-corrected chi connectivity index (χ1v) is 4.67. The summed E-state index contributed by atoms with van der Waals surface area (Å²) in [6.07, 6.45) is 0. The van der Waals surface area contributed by atoms with Gasteiger partial charge in [-0.2, -0.15) is 0 Å². The van der Waals surface area contributed by atoms with Gasteiger partial charge in [-0.05, 0) is 25.1 Å². The van der Waals surface area contributed by atoms with Crippen LogP contribution in [0.25, 0.3) is 0 Å².